The molecule has 0 unspecified atom stereocenters. The molecule has 0 aliphatic rings. The molecule has 0 bridgehead atoms. The SMILES string of the molecule is Cc1ccc(S(=O)(=O)Nc2ccc(N(C)Cc3ccccc3)c(C(=O)O)c2)cc1.O=C(O)C(F)(F)F. The molecule has 8 nitrogen and oxygen atoms in total. The number of benzene rings is 3. The molecule has 0 aromatic heterocycles. The lowest BCUT2D eigenvalue weighted by Crippen LogP contribution is -2.21. The molecule has 36 heavy (non-hydrogen) atoms. The van der Waals surface area contributed by atoms with E-state index in [2.05, 4.69) is 4.72 Å². The summed E-state index contributed by atoms with van der Waals surface area (Å²) in [6, 6.07) is 20.6. The zero-order valence-electron chi connectivity index (χ0n) is 19.2. The van der Waals surface area contributed by atoms with Gasteiger partial charge in [0.15, 0.2) is 0 Å². The van der Waals surface area contributed by atoms with E-state index in [0.29, 0.717) is 12.2 Å². The van der Waals surface area contributed by atoms with Crippen molar-refractivity contribution in [2.24, 2.45) is 0 Å². The van der Waals surface area contributed by atoms with E-state index in [1.807, 2.05) is 42.2 Å². The van der Waals surface area contributed by atoms with Gasteiger partial charge in [-0.05, 0) is 42.8 Å². The van der Waals surface area contributed by atoms with Gasteiger partial charge in [0.2, 0.25) is 0 Å². The van der Waals surface area contributed by atoms with Crippen molar-refractivity contribution >= 4 is 33.3 Å². The summed E-state index contributed by atoms with van der Waals surface area (Å²) in [5.41, 5.74) is 2.70. The third kappa shape index (κ3) is 8.01. The molecule has 0 fully saturated rings. The number of nitrogens with one attached hydrogen (secondary N) is 1. The molecular formula is C24H23F3N2O6S. The second-order valence-corrected chi connectivity index (χ2v) is 9.28. The number of anilines is 2. The van der Waals surface area contributed by atoms with Crippen LogP contribution in [0.5, 0.6) is 0 Å². The van der Waals surface area contributed by atoms with Gasteiger partial charge in [-0.2, -0.15) is 13.2 Å². The number of carboxylic acids is 2. The van der Waals surface area contributed by atoms with Gasteiger partial charge in [-0.1, -0.05) is 48.0 Å². The lowest BCUT2D eigenvalue weighted by atomic mass is 10.1. The van der Waals surface area contributed by atoms with Gasteiger partial charge in [0, 0.05) is 19.3 Å². The Kier molecular flexibility index (Phi) is 9.06. The summed E-state index contributed by atoms with van der Waals surface area (Å²) in [5.74, 6) is -3.89. The molecule has 0 radical (unpaired) electrons. The fourth-order valence-corrected chi connectivity index (χ4v) is 4.03. The summed E-state index contributed by atoms with van der Waals surface area (Å²) >= 11 is 0. The molecule has 3 N–H and O–H groups in total. The van der Waals surface area contributed by atoms with E-state index in [0.717, 1.165) is 11.1 Å². The molecule has 0 aliphatic heterocycles. The first-order valence-electron chi connectivity index (χ1n) is 10.2. The maximum atomic E-state index is 12.6. The van der Waals surface area contributed by atoms with Crippen molar-refractivity contribution in [1.82, 2.24) is 0 Å². The Morgan fingerprint density at radius 1 is 0.944 bits per heavy atom. The molecule has 0 atom stereocenters. The average Bonchev–Trinajstić information content (AvgIpc) is 2.79. The molecule has 0 saturated heterocycles. The average molecular weight is 525 g/mol. The Bertz CT molecular complexity index is 1310. The van der Waals surface area contributed by atoms with Gasteiger partial charge in [0.05, 0.1) is 16.1 Å². The number of carboxylic acid groups (broad SMARTS) is 2. The number of sulfonamides is 1. The Morgan fingerprint density at radius 2 is 1.50 bits per heavy atom. The van der Waals surface area contributed by atoms with Crippen LogP contribution in [-0.4, -0.2) is 43.8 Å². The highest BCUT2D eigenvalue weighted by atomic mass is 32.2. The van der Waals surface area contributed by atoms with Gasteiger partial charge < -0.3 is 15.1 Å². The normalized spacial score (nSPS) is 11.1. The third-order valence-electron chi connectivity index (χ3n) is 4.73. The molecule has 12 heteroatoms. The first kappa shape index (κ1) is 28.2. The van der Waals surface area contributed by atoms with E-state index in [-0.39, 0.29) is 16.1 Å². The molecule has 3 aromatic rings. The monoisotopic (exact) mass is 524 g/mol. The number of rotatable bonds is 7. The van der Waals surface area contributed by atoms with Gasteiger partial charge in [0.1, 0.15) is 0 Å². The highest BCUT2D eigenvalue weighted by Gasteiger charge is 2.38. The van der Waals surface area contributed by atoms with Crippen molar-refractivity contribution in [2.75, 3.05) is 16.7 Å². The van der Waals surface area contributed by atoms with Crippen molar-refractivity contribution in [3.63, 3.8) is 0 Å². The van der Waals surface area contributed by atoms with Gasteiger partial charge in [-0.25, -0.2) is 18.0 Å². The van der Waals surface area contributed by atoms with Crippen LogP contribution < -0.4 is 9.62 Å². The lowest BCUT2D eigenvalue weighted by Gasteiger charge is -2.22. The standard InChI is InChI=1S/C22H22N2O4S.C2HF3O2/c1-16-8-11-19(12-9-16)29(27,28)23-18-10-13-21(20(14-18)22(25)26)24(2)15-17-6-4-3-5-7-17;3-2(4,5)1(6)7/h3-14,23H,15H2,1-2H3,(H,25,26);(H,6,7). The van der Waals surface area contributed by atoms with E-state index in [4.69, 9.17) is 9.90 Å². The van der Waals surface area contributed by atoms with E-state index >= 15 is 0 Å². The van der Waals surface area contributed by atoms with Crippen molar-refractivity contribution < 1.29 is 41.4 Å². The Balaban J connectivity index is 0.000000572. The van der Waals surface area contributed by atoms with E-state index in [1.54, 1.807) is 31.3 Å². The molecule has 0 spiro atoms. The number of carbonyl (C=O) groups is 2. The summed E-state index contributed by atoms with van der Waals surface area (Å²) in [6.45, 7) is 2.39. The molecule has 3 rings (SSSR count). The fraction of sp³-hybridized carbons (Fsp3) is 0.167. The Morgan fingerprint density at radius 3 is 2.00 bits per heavy atom. The number of aryl methyl sites for hydroxylation is 1. The van der Waals surface area contributed by atoms with Gasteiger partial charge >= 0.3 is 18.1 Å². The lowest BCUT2D eigenvalue weighted by molar-refractivity contribution is -0.192. The molecule has 0 heterocycles. The van der Waals surface area contributed by atoms with Crippen LogP contribution in [0, 0.1) is 6.92 Å². The van der Waals surface area contributed by atoms with Crippen molar-refractivity contribution in [2.45, 2.75) is 24.5 Å². The van der Waals surface area contributed by atoms with E-state index in [9.17, 15) is 31.5 Å². The number of alkyl halides is 3. The molecule has 0 aliphatic carbocycles. The topological polar surface area (TPSA) is 124 Å². The molecule has 0 amide bonds. The third-order valence-corrected chi connectivity index (χ3v) is 6.12. The number of aromatic carboxylic acids is 1. The second-order valence-electron chi connectivity index (χ2n) is 7.60. The van der Waals surface area contributed by atoms with Crippen LogP contribution in [0.3, 0.4) is 0 Å². The number of aliphatic carboxylic acids is 1. The predicted molar refractivity (Wildman–Crippen MR) is 128 cm³/mol. The minimum Gasteiger partial charge on any atom is -0.478 e. The van der Waals surface area contributed by atoms with Crippen molar-refractivity contribution in [3.8, 4) is 0 Å². The maximum Gasteiger partial charge on any atom is 0.490 e. The van der Waals surface area contributed by atoms with Gasteiger partial charge in [-0.3, -0.25) is 4.72 Å². The van der Waals surface area contributed by atoms with Crippen LogP contribution >= 0.6 is 0 Å². The first-order chi connectivity index (χ1) is 16.7. The predicted octanol–water partition coefficient (Wildman–Crippen LogP) is 4.76. The van der Waals surface area contributed by atoms with Crippen LogP contribution in [0.4, 0.5) is 24.5 Å². The van der Waals surface area contributed by atoms with Crippen LogP contribution in [0.15, 0.2) is 77.7 Å². The zero-order chi connectivity index (χ0) is 27.1. The largest absolute Gasteiger partial charge is 0.490 e. The second kappa shape index (κ2) is 11.6. The smallest absolute Gasteiger partial charge is 0.478 e. The van der Waals surface area contributed by atoms with E-state index in [1.165, 1.54) is 18.2 Å². The van der Waals surface area contributed by atoms with Gasteiger partial charge in [-0.15, -0.1) is 0 Å². The molecule has 192 valence electrons. The summed E-state index contributed by atoms with van der Waals surface area (Å²) < 4.78 is 59.4. The number of hydrogen-bond acceptors (Lipinski definition) is 5. The van der Waals surface area contributed by atoms with Crippen LogP contribution in [0.2, 0.25) is 0 Å². The maximum absolute atomic E-state index is 12.6. The highest BCUT2D eigenvalue weighted by molar-refractivity contribution is 7.92. The Hall–Kier alpha value is -4.06. The van der Waals surface area contributed by atoms with Crippen LogP contribution in [0.25, 0.3) is 0 Å². The molecule has 0 saturated carbocycles. The summed E-state index contributed by atoms with van der Waals surface area (Å²) in [5, 5.41) is 16.8. The number of hydrogen-bond donors (Lipinski definition) is 3. The molecule has 3 aromatic carbocycles. The number of nitrogens with zero attached hydrogens (tertiary/aromatic N) is 1. The zero-order valence-corrected chi connectivity index (χ0v) is 20.0. The first-order valence-corrected chi connectivity index (χ1v) is 11.7. The Labute approximate surface area is 205 Å². The van der Waals surface area contributed by atoms with Crippen molar-refractivity contribution in [1.29, 1.82) is 0 Å². The quantitative estimate of drug-likeness (QED) is 0.407. The van der Waals surface area contributed by atoms with Crippen LogP contribution in [-0.2, 0) is 21.4 Å². The molecular weight excluding hydrogens is 501 g/mol. The van der Waals surface area contributed by atoms with Crippen molar-refractivity contribution in [3.05, 3.63) is 89.5 Å². The summed E-state index contributed by atoms with van der Waals surface area (Å²) in [6.07, 6.45) is -5.08. The van der Waals surface area contributed by atoms with Crippen LogP contribution in [0.1, 0.15) is 21.5 Å². The minimum absolute atomic E-state index is 0.0209. The summed E-state index contributed by atoms with van der Waals surface area (Å²) in [4.78, 5) is 22.6. The fourth-order valence-electron chi connectivity index (χ4n) is 2.98. The highest BCUT2D eigenvalue weighted by Crippen LogP contribution is 2.26. The number of halogens is 3. The van der Waals surface area contributed by atoms with Gasteiger partial charge in [0.25, 0.3) is 10.0 Å². The minimum atomic E-state index is -5.08. The summed E-state index contributed by atoms with van der Waals surface area (Å²) in [7, 11) is -2.01. The van der Waals surface area contributed by atoms with E-state index < -0.39 is 28.1 Å².